The number of aryl methyl sites for hydroxylation is 2. The molecule has 0 bridgehead atoms. The predicted molar refractivity (Wildman–Crippen MR) is 77.9 cm³/mol. The Morgan fingerprint density at radius 3 is 2.80 bits per heavy atom. The molecule has 110 valence electrons. The van der Waals surface area contributed by atoms with E-state index in [0.717, 1.165) is 31.0 Å². The van der Waals surface area contributed by atoms with Gasteiger partial charge in [0.25, 0.3) is 5.91 Å². The molecular formula is C15H23N3O2. The number of nitrogens with one attached hydrogen (secondary N) is 1. The Morgan fingerprint density at radius 1 is 1.45 bits per heavy atom. The number of aromatic nitrogens is 1. The zero-order valence-corrected chi connectivity index (χ0v) is 12.6. The Labute approximate surface area is 120 Å². The van der Waals surface area contributed by atoms with Gasteiger partial charge in [0, 0.05) is 25.9 Å². The fraction of sp³-hybridized carbons (Fsp3) is 0.600. The van der Waals surface area contributed by atoms with Gasteiger partial charge in [-0.05, 0) is 32.5 Å². The molecular weight excluding hydrogens is 254 g/mol. The molecule has 1 fully saturated rings. The molecule has 1 aromatic rings. The van der Waals surface area contributed by atoms with Crippen LogP contribution in [0.25, 0.3) is 0 Å². The van der Waals surface area contributed by atoms with Gasteiger partial charge >= 0.3 is 0 Å². The molecule has 0 radical (unpaired) electrons. The number of rotatable bonds is 4. The van der Waals surface area contributed by atoms with E-state index >= 15 is 0 Å². The van der Waals surface area contributed by atoms with Crippen LogP contribution in [-0.4, -0.2) is 54.7 Å². The molecule has 0 spiro atoms. The van der Waals surface area contributed by atoms with Gasteiger partial charge in [0.2, 0.25) is 0 Å². The van der Waals surface area contributed by atoms with E-state index in [1.54, 1.807) is 7.11 Å². The lowest BCUT2D eigenvalue weighted by atomic mass is 10.1. The molecule has 20 heavy (non-hydrogen) atoms. The number of pyridine rings is 1. The van der Waals surface area contributed by atoms with Gasteiger partial charge in [0.05, 0.1) is 23.4 Å². The SMILES string of the molecule is CCN1C[C@H](NC(=O)c2ccc(C)nc2C)[C@@H](OC)C1. The minimum atomic E-state index is -0.0694. The Bertz CT molecular complexity index is 490. The number of hydrogen-bond acceptors (Lipinski definition) is 4. The predicted octanol–water partition coefficient (Wildman–Crippen LogP) is 1.15. The van der Waals surface area contributed by atoms with Crippen molar-refractivity contribution in [1.29, 1.82) is 0 Å². The molecule has 1 aliphatic rings. The number of hydrogen-bond donors (Lipinski definition) is 1. The van der Waals surface area contributed by atoms with Gasteiger partial charge in [0.15, 0.2) is 0 Å². The number of ether oxygens (including phenoxy) is 1. The second-order valence-corrected chi connectivity index (χ2v) is 5.29. The van der Waals surface area contributed by atoms with Crippen LogP contribution >= 0.6 is 0 Å². The Balaban J connectivity index is 2.07. The molecule has 2 heterocycles. The topological polar surface area (TPSA) is 54.5 Å². The highest BCUT2D eigenvalue weighted by Gasteiger charge is 2.33. The van der Waals surface area contributed by atoms with Crippen molar-refractivity contribution in [2.24, 2.45) is 0 Å². The molecule has 0 saturated carbocycles. The van der Waals surface area contributed by atoms with Crippen molar-refractivity contribution in [3.63, 3.8) is 0 Å². The molecule has 1 amide bonds. The monoisotopic (exact) mass is 277 g/mol. The van der Waals surface area contributed by atoms with Gasteiger partial charge in [-0.25, -0.2) is 0 Å². The van der Waals surface area contributed by atoms with Gasteiger partial charge in [-0.3, -0.25) is 14.7 Å². The number of likely N-dealkylation sites (N-methyl/N-ethyl adjacent to an activating group) is 1. The standard InChI is InChI=1S/C15H23N3O2/c1-5-18-8-13(14(9-18)20-4)17-15(19)12-7-6-10(2)16-11(12)3/h6-7,13-14H,5,8-9H2,1-4H3,(H,17,19)/t13-,14-/m0/s1. The average Bonchev–Trinajstić information content (AvgIpc) is 2.80. The van der Waals surface area contributed by atoms with Crippen LogP contribution in [0, 0.1) is 13.8 Å². The Hall–Kier alpha value is -1.46. The van der Waals surface area contributed by atoms with Crippen molar-refractivity contribution in [1.82, 2.24) is 15.2 Å². The summed E-state index contributed by atoms with van der Waals surface area (Å²) in [6, 6.07) is 3.73. The first-order valence-electron chi connectivity index (χ1n) is 7.05. The van der Waals surface area contributed by atoms with Crippen LogP contribution in [0.15, 0.2) is 12.1 Å². The quantitative estimate of drug-likeness (QED) is 0.897. The maximum Gasteiger partial charge on any atom is 0.253 e. The van der Waals surface area contributed by atoms with Crippen LogP contribution in [0.1, 0.15) is 28.7 Å². The lowest BCUT2D eigenvalue weighted by molar-refractivity contribution is 0.0761. The zero-order chi connectivity index (χ0) is 14.7. The first-order chi connectivity index (χ1) is 9.55. The Morgan fingerprint density at radius 2 is 2.20 bits per heavy atom. The molecule has 0 aromatic carbocycles. The third-order valence-corrected chi connectivity index (χ3v) is 3.88. The van der Waals surface area contributed by atoms with E-state index in [1.807, 2.05) is 26.0 Å². The first-order valence-corrected chi connectivity index (χ1v) is 7.05. The number of likely N-dealkylation sites (tertiary alicyclic amines) is 1. The molecule has 2 rings (SSSR count). The maximum atomic E-state index is 12.4. The van der Waals surface area contributed by atoms with Crippen LogP contribution in [-0.2, 0) is 4.74 Å². The molecule has 5 nitrogen and oxygen atoms in total. The number of amides is 1. The van der Waals surface area contributed by atoms with E-state index in [1.165, 1.54) is 0 Å². The van der Waals surface area contributed by atoms with Crippen LogP contribution in [0.5, 0.6) is 0 Å². The van der Waals surface area contributed by atoms with Crippen molar-refractivity contribution in [2.75, 3.05) is 26.7 Å². The molecule has 1 N–H and O–H groups in total. The summed E-state index contributed by atoms with van der Waals surface area (Å²) in [5.41, 5.74) is 2.33. The van der Waals surface area contributed by atoms with Gasteiger partial charge in [0.1, 0.15) is 0 Å². The van der Waals surface area contributed by atoms with Crippen molar-refractivity contribution < 1.29 is 9.53 Å². The van der Waals surface area contributed by atoms with Gasteiger partial charge in [-0.1, -0.05) is 6.92 Å². The van der Waals surface area contributed by atoms with Crippen molar-refractivity contribution in [3.8, 4) is 0 Å². The zero-order valence-electron chi connectivity index (χ0n) is 12.6. The van der Waals surface area contributed by atoms with E-state index in [-0.39, 0.29) is 18.1 Å². The fourth-order valence-electron chi connectivity index (χ4n) is 2.66. The third kappa shape index (κ3) is 3.16. The molecule has 2 atom stereocenters. The van der Waals surface area contributed by atoms with Crippen LogP contribution < -0.4 is 5.32 Å². The fourth-order valence-corrected chi connectivity index (χ4v) is 2.66. The van der Waals surface area contributed by atoms with Crippen molar-refractivity contribution >= 4 is 5.91 Å². The second-order valence-electron chi connectivity index (χ2n) is 5.29. The van der Waals surface area contributed by atoms with Crippen molar-refractivity contribution in [3.05, 3.63) is 29.1 Å². The average molecular weight is 277 g/mol. The van der Waals surface area contributed by atoms with E-state index in [4.69, 9.17) is 4.74 Å². The molecule has 5 heteroatoms. The summed E-state index contributed by atoms with van der Waals surface area (Å²) in [5.74, 6) is -0.0694. The summed E-state index contributed by atoms with van der Waals surface area (Å²) >= 11 is 0. The number of methoxy groups -OCH3 is 1. The summed E-state index contributed by atoms with van der Waals surface area (Å²) in [6.07, 6.45) is 0.0533. The summed E-state index contributed by atoms with van der Waals surface area (Å²) in [7, 11) is 1.70. The summed E-state index contributed by atoms with van der Waals surface area (Å²) in [4.78, 5) is 19.0. The number of carbonyl (C=O) groups is 1. The van der Waals surface area contributed by atoms with Crippen LogP contribution in [0.3, 0.4) is 0 Å². The van der Waals surface area contributed by atoms with Gasteiger partial charge in [-0.15, -0.1) is 0 Å². The van der Waals surface area contributed by atoms with Crippen LogP contribution in [0.2, 0.25) is 0 Å². The number of carbonyl (C=O) groups excluding carboxylic acids is 1. The number of nitrogens with zero attached hydrogens (tertiary/aromatic N) is 2. The second kappa shape index (κ2) is 6.33. The van der Waals surface area contributed by atoms with E-state index < -0.39 is 0 Å². The summed E-state index contributed by atoms with van der Waals surface area (Å²) in [6.45, 7) is 8.57. The van der Waals surface area contributed by atoms with Gasteiger partial charge in [-0.2, -0.15) is 0 Å². The summed E-state index contributed by atoms with van der Waals surface area (Å²) in [5, 5.41) is 3.08. The first kappa shape index (κ1) is 14.9. The molecule has 0 unspecified atom stereocenters. The highest BCUT2D eigenvalue weighted by Crippen LogP contribution is 2.14. The molecule has 0 aliphatic carbocycles. The highest BCUT2D eigenvalue weighted by atomic mass is 16.5. The van der Waals surface area contributed by atoms with E-state index in [2.05, 4.69) is 22.1 Å². The smallest absolute Gasteiger partial charge is 0.253 e. The van der Waals surface area contributed by atoms with E-state index in [0.29, 0.717) is 5.56 Å². The minimum absolute atomic E-state index is 0.0353. The largest absolute Gasteiger partial charge is 0.378 e. The van der Waals surface area contributed by atoms with E-state index in [9.17, 15) is 4.79 Å². The normalized spacial score (nSPS) is 23.0. The molecule has 1 aromatic heterocycles. The van der Waals surface area contributed by atoms with Gasteiger partial charge < -0.3 is 10.1 Å². The maximum absolute atomic E-state index is 12.4. The lowest BCUT2D eigenvalue weighted by Gasteiger charge is -2.19. The third-order valence-electron chi connectivity index (χ3n) is 3.88. The van der Waals surface area contributed by atoms with Crippen LogP contribution in [0.4, 0.5) is 0 Å². The lowest BCUT2D eigenvalue weighted by Crippen LogP contribution is -2.43. The minimum Gasteiger partial charge on any atom is -0.378 e. The Kier molecular flexibility index (Phi) is 4.73. The van der Waals surface area contributed by atoms with Crippen molar-refractivity contribution in [2.45, 2.75) is 32.9 Å². The highest BCUT2D eigenvalue weighted by molar-refractivity contribution is 5.95. The molecule has 1 aliphatic heterocycles. The molecule has 1 saturated heterocycles. The summed E-state index contributed by atoms with van der Waals surface area (Å²) < 4.78 is 5.47.